The largest absolute Gasteiger partial charge is 0.326 e. The Bertz CT molecular complexity index is 1080. The number of amides is 2. The van der Waals surface area contributed by atoms with E-state index in [1.54, 1.807) is 42.5 Å². The number of carbonyl (C=O) groups is 2. The maximum Gasteiger partial charge on any atom is 0.274 e. The Morgan fingerprint density at radius 1 is 0.964 bits per heavy atom. The van der Waals surface area contributed by atoms with Crippen LogP contribution in [0.5, 0.6) is 0 Å². The molecule has 0 bridgehead atoms. The molecule has 1 aromatic heterocycles. The summed E-state index contributed by atoms with van der Waals surface area (Å²) in [5, 5.41) is 11.1. The van der Waals surface area contributed by atoms with Crippen LogP contribution in [-0.2, 0) is 16.0 Å². The topological polar surface area (TPSA) is 93.1 Å². The maximum absolute atomic E-state index is 12.6. The zero-order valence-electron chi connectivity index (χ0n) is 16.0. The van der Waals surface area contributed by atoms with Crippen LogP contribution >= 0.6 is 0 Å². The lowest BCUT2D eigenvalue weighted by Gasteiger charge is -2.13. The first-order valence-corrected chi connectivity index (χ1v) is 9.03. The number of fused-ring (bicyclic) bond motifs is 1. The van der Waals surface area contributed by atoms with Gasteiger partial charge in [-0.15, -0.1) is 0 Å². The summed E-state index contributed by atoms with van der Waals surface area (Å²) in [5.74, 6) is -0.395. The SMILES string of the molecule is CC(=O)Nc1ccc(NC(=O)Cc2nn(C(C)C)c(=O)c3ccccc23)cc1. The Hall–Kier alpha value is -3.48. The highest BCUT2D eigenvalue weighted by molar-refractivity contribution is 5.95. The molecule has 28 heavy (non-hydrogen) atoms. The minimum absolute atomic E-state index is 0.0426. The second-order valence-electron chi connectivity index (χ2n) is 6.82. The van der Waals surface area contributed by atoms with Gasteiger partial charge in [0.15, 0.2) is 0 Å². The monoisotopic (exact) mass is 378 g/mol. The summed E-state index contributed by atoms with van der Waals surface area (Å²) >= 11 is 0. The predicted octanol–water partition coefficient (Wildman–Crippen LogP) is 3.12. The molecule has 0 atom stereocenters. The Morgan fingerprint density at radius 3 is 2.11 bits per heavy atom. The van der Waals surface area contributed by atoms with E-state index in [1.165, 1.54) is 11.6 Å². The van der Waals surface area contributed by atoms with Crippen LogP contribution in [-0.4, -0.2) is 21.6 Å². The fraction of sp³-hybridized carbons (Fsp3) is 0.238. The van der Waals surface area contributed by atoms with Crippen LogP contribution < -0.4 is 16.2 Å². The fourth-order valence-electron chi connectivity index (χ4n) is 2.95. The number of aromatic nitrogens is 2. The molecule has 0 aliphatic carbocycles. The summed E-state index contributed by atoms with van der Waals surface area (Å²) in [5.41, 5.74) is 1.65. The van der Waals surface area contributed by atoms with Crippen molar-refractivity contribution in [3.05, 3.63) is 64.6 Å². The van der Waals surface area contributed by atoms with Gasteiger partial charge in [-0.25, -0.2) is 4.68 Å². The van der Waals surface area contributed by atoms with Gasteiger partial charge >= 0.3 is 0 Å². The van der Waals surface area contributed by atoms with E-state index in [-0.39, 0.29) is 29.8 Å². The summed E-state index contributed by atoms with van der Waals surface area (Å²) in [7, 11) is 0. The van der Waals surface area contributed by atoms with Gasteiger partial charge in [0.1, 0.15) is 0 Å². The van der Waals surface area contributed by atoms with Crippen LogP contribution in [0.4, 0.5) is 11.4 Å². The molecule has 2 amide bonds. The van der Waals surface area contributed by atoms with E-state index in [4.69, 9.17) is 0 Å². The van der Waals surface area contributed by atoms with Crippen molar-refractivity contribution in [1.82, 2.24) is 9.78 Å². The van der Waals surface area contributed by atoms with Crippen molar-refractivity contribution < 1.29 is 9.59 Å². The number of benzene rings is 2. The van der Waals surface area contributed by atoms with Crippen LogP contribution in [0, 0.1) is 0 Å². The number of hydrogen-bond donors (Lipinski definition) is 2. The van der Waals surface area contributed by atoms with Gasteiger partial charge in [-0.3, -0.25) is 14.4 Å². The molecule has 0 saturated carbocycles. The summed E-state index contributed by atoms with van der Waals surface area (Å²) in [6, 6.07) is 13.9. The van der Waals surface area contributed by atoms with Gasteiger partial charge in [-0.1, -0.05) is 18.2 Å². The first-order valence-electron chi connectivity index (χ1n) is 9.03. The van der Waals surface area contributed by atoms with Crippen LogP contribution in [0.2, 0.25) is 0 Å². The highest BCUT2D eigenvalue weighted by Gasteiger charge is 2.15. The summed E-state index contributed by atoms with van der Waals surface area (Å²) in [6.07, 6.45) is 0.0426. The van der Waals surface area contributed by atoms with Crippen molar-refractivity contribution in [2.45, 2.75) is 33.2 Å². The van der Waals surface area contributed by atoms with Crippen LogP contribution in [0.25, 0.3) is 10.8 Å². The minimum Gasteiger partial charge on any atom is -0.326 e. The fourth-order valence-corrected chi connectivity index (χ4v) is 2.95. The van der Waals surface area contributed by atoms with Crippen molar-refractivity contribution in [1.29, 1.82) is 0 Å². The molecule has 0 aliphatic heterocycles. The number of rotatable bonds is 5. The molecule has 0 radical (unpaired) electrons. The number of hydrogen-bond acceptors (Lipinski definition) is 4. The molecule has 2 N–H and O–H groups in total. The van der Waals surface area contributed by atoms with E-state index >= 15 is 0 Å². The highest BCUT2D eigenvalue weighted by Crippen LogP contribution is 2.17. The molecule has 2 aromatic carbocycles. The Kier molecular flexibility index (Phi) is 5.54. The molecule has 7 heteroatoms. The molecule has 1 heterocycles. The third-order valence-corrected chi connectivity index (χ3v) is 4.21. The van der Waals surface area contributed by atoms with Gasteiger partial charge in [0.2, 0.25) is 11.8 Å². The Balaban J connectivity index is 1.84. The zero-order valence-corrected chi connectivity index (χ0v) is 16.0. The van der Waals surface area contributed by atoms with Gasteiger partial charge < -0.3 is 10.6 Å². The van der Waals surface area contributed by atoms with E-state index in [9.17, 15) is 14.4 Å². The zero-order chi connectivity index (χ0) is 20.3. The van der Waals surface area contributed by atoms with Gasteiger partial charge in [-0.05, 0) is 44.2 Å². The average molecular weight is 378 g/mol. The first-order chi connectivity index (χ1) is 13.3. The standard InChI is InChI=1S/C21H22N4O3/c1-13(2)25-21(28)18-7-5-4-6-17(18)19(24-25)12-20(27)23-16-10-8-15(9-11-16)22-14(3)26/h4-11,13H,12H2,1-3H3,(H,22,26)(H,23,27). The third kappa shape index (κ3) is 4.25. The number of nitrogens with zero attached hydrogens (tertiary/aromatic N) is 2. The van der Waals surface area contributed by atoms with Crippen LogP contribution in [0.15, 0.2) is 53.3 Å². The van der Waals surface area contributed by atoms with E-state index in [0.29, 0.717) is 27.8 Å². The summed E-state index contributed by atoms with van der Waals surface area (Å²) in [4.78, 5) is 36.2. The Morgan fingerprint density at radius 2 is 1.54 bits per heavy atom. The van der Waals surface area contributed by atoms with E-state index in [1.807, 2.05) is 19.9 Å². The average Bonchev–Trinajstić information content (AvgIpc) is 2.65. The van der Waals surface area contributed by atoms with Crippen molar-refractivity contribution >= 4 is 34.0 Å². The van der Waals surface area contributed by atoms with Crippen molar-refractivity contribution in [2.75, 3.05) is 10.6 Å². The normalized spacial score (nSPS) is 10.9. The van der Waals surface area contributed by atoms with Crippen LogP contribution in [0.3, 0.4) is 0 Å². The van der Waals surface area contributed by atoms with Gasteiger partial charge in [0.05, 0.1) is 23.5 Å². The second kappa shape index (κ2) is 8.04. The van der Waals surface area contributed by atoms with Crippen molar-refractivity contribution in [3.63, 3.8) is 0 Å². The smallest absolute Gasteiger partial charge is 0.274 e. The molecule has 0 spiro atoms. The number of anilines is 2. The second-order valence-corrected chi connectivity index (χ2v) is 6.82. The summed E-state index contributed by atoms with van der Waals surface area (Å²) < 4.78 is 1.41. The lowest BCUT2D eigenvalue weighted by Crippen LogP contribution is -2.27. The molecule has 7 nitrogen and oxygen atoms in total. The lowest BCUT2D eigenvalue weighted by molar-refractivity contribution is -0.116. The van der Waals surface area contributed by atoms with Crippen LogP contribution in [0.1, 0.15) is 32.5 Å². The number of carbonyl (C=O) groups excluding carboxylic acids is 2. The third-order valence-electron chi connectivity index (χ3n) is 4.21. The molecule has 144 valence electrons. The quantitative estimate of drug-likeness (QED) is 0.713. The highest BCUT2D eigenvalue weighted by atomic mass is 16.2. The molecular weight excluding hydrogens is 356 g/mol. The molecule has 3 rings (SSSR count). The van der Waals surface area contributed by atoms with Crippen molar-refractivity contribution in [3.8, 4) is 0 Å². The van der Waals surface area contributed by atoms with E-state index in [0.717, 1.165) is 0 Å². The molecular formula is C21H22N4O3. The number of nitrogens with one attached hydrogen (secondary N) is 2. The Labute approximate surface area is 162 Å². The molecule has 0 unspecified atom stereocenters. The predicted molar refractivity (Wildman–Crippen MR) is 109 cm³/mol. The van der Waals surface area contributed by atoms with Gasteiger partial charge in [0, 0.05) is 23.7 Å². The van der Waals surface area contributed by atoms with E-state index < -0.39 is 0 Å². The molecule has 3 aromatic rings. The van der Waals surface area contributed by atoms with Gasteiger partial charge in [0.25, 0.3) is 5.56 Å². The minimum atomic E-state index is -0.237. The summed E-state index contributed by atoms with van der Waals surface area (Å²) in [6.45, 7) is 5.19. The molecule has 0 fully saturated rings. The van der Waals surface area contributed by atoms with Gasteiger partial charge in [-0.2, -0.15) is 5.10 Å². The lowest BCUT2D eigenvalue weighted by atomic mass is 10.1. The molecule has 0 saturated heterocycles. The first kappa shape index (κ1) is 19.3. The van der Waals surface area contributed by atoms with E-state index in [2.05, 4.69) is 15.7 Å². The molecule has 0 aliphatic rings. The van der Waals surface area contributed by atoms with Crippen molar-refractivity contribution in [2.24, 2.45) is 0 Å². The maximum atomic E-state index is 12.6.